The summed E-state index contributed by atoms with van der Waals surface area (Å²) in [6.07, 6.45) is 8.16. The molecule has 4 saturated carbocycles. The molecule has 1 heterocycles. The van der Waals surface area contributed by atoms with Crippen LogP contribution in [0.4, 0.5) is 0 Å². The largest absolute Gasteiger partial charge is 0.481 e. The Kier molecular flexibility index (Phi) is 2.83. The number of carbonyl (C=O) groups is 1. The van der Waals surface area contributed by atoms with Crippen molar-refractivity contribution in [3.63, 3.8) is 0 Å². The Morgan fingerprint density at radius 1 is 1.10 bits per heavy atom. The molecule has 3 heteroatoms. The zero-order chi connectivity index (χ0) is 13.7. The normalized spacial score (nSPS) is 39.7. The molecule has 1 unspecified atom stereocenters. The minimum absolute atomic E-state index is 0.315. The maximum absolute atomic E-state index is 11.9. The van der Waals surface area contributed by atoms with E-state index in [9.17, 15) is 9.90 Å². The number of rotatable bonds is 3. The number of nitrogens with zero attached hydrogens (tertiary/aromatic N) is 1. The highest BCUT2D eigenvalue weighted by Gasteiger charge is 2.52. The van der Waals surface area contributed by atoms with Gasteiger partial charge in [-0.05, 0) is 73.8 Å². The van der Waals surface area contributed by atoms with Crippen LogP contribution in [0, 0.1) is 29.6 Å². The van der Waals surface area contributed by atoms with Gasteiger partial charge in [-0.15, -0.1) is 0 Å². The van der Waals surface area contributed by atoms with E-state index < -0.39 is 11.9 Å². The van der Waals surface area contributed by atoms with Gasteiger partial charge in [-0.3, -0.25) is 9.78 Å². The van der Waals surface area contributed by atoms with E-state index in [1.54, 1.807) is 6.20 Å². The van der Waals surface area contributed by atoms with Gasteiger partial charge in [-0.25, -0.2) is 0 Å². The first-order chi connectivity index (χ1) is 9.72. The SMILES string of the molecule is O=C(O)C(c1ccccn1)C1C2CC3CC(C2)CC1C3. The summed E-state index contributed by atoms with van der Waals surface area (Å²) in [5.41, 5.74) is 0.762. The highest BCUT2D eigenvalue weighted by molar-refractivity contribution is 5.76. The monoisotopic (exact) mass is 271 g/mol. The minimum Gasteiger partial charge on any atom is -0.481 e. The van der Waals surface area contributed by atoms with Crippen molar-refractivity contribution in [3.8, 4) is 0 Å². The predicted molar refractivity (Wildman–Crippen MR) is 75.1 cm³/mol. The van der Waals surface area contributed by atoms with Crippen LogP contribution in [0.2, 0.25) is 0 Å². The van der Waals surface area contributed by atoms with Crippen molar-refractivity contribution < 1.29 is 9.90 Å². The smallest absolute Gasteiger partial charge is 0.312 e. The van der Waals surface area contributed by atoms with Crippen LogP contribution in [0.1, 0.15) is 43.7 Å². The number of pyridine rings is 1. The standard InChI is InChI=1S/C17H21NO2/c19-17(20)16(14-3-1-2-4-18-14)15-12-6-10-5-11(8-12)9-13(15)7-10/h1-4,10-13,15-16H,5-9H2,(H,19,20). The fraction of sp³-hybridized carbons (Fsp3) is 0.647. The van der Waals surface area contributed by atoms with Crippen molar-refractivity contribution >= 4 is 5.97 Å². The van der Waals surface area contributed by atoms with Crippen LogP contribution in [-0.2, 0) is 4.79 Å². The molecule has 20 heavy (non-hydrogen) atoms. The third-order valence-corrected chi connectivity index (χ3v) is 5.96. The van der Waals surface area contributed by atoms with Gasteiger partial charge in [0.1, 0.15) is 5.92 Å². The minimum atomic E-state index is -0.679. The molecule has 1 N–H and O–H groups in total. The van der Waals surface area contributed by atoms with E-state index in [1.165, 1.54) is 32.1 Å². The molecule has 4 aliphatic carbocycles. The summed E-state index contributed by atoms with van der Waals surface area (Å²) in [5, 5.41) is 9.77. The highest BCUT2D eigenvalue weighted by atomic mass is 16.4. The van der Waals surface area contributed by atoms with E-state index in [-0.39, 0.29) is 0 Å². The van der Waals surface area contributed by atoms with Crippen molar-refractivity contribution in [1.82, 2.24) is 4.98 Å². The molecule has 0 spiro atoms. The second-order valence-electron chi connectivity index (χ2n) is 7.08. The molecule has 0 saturated heterocycles. The first-order valence-electron chi connectivity index (χ1n) is 7.86. The van der Waals surface area contributed by atoms with Crippen LogP contribution in [-0.4, -0.2) is 16.1 Å². The molecule has 106 valence electrons. The van der Waals surface area contributed by atoms with E-state index in [1.807, 2.05) is 18.2 Å². The van der Waals surface area contributed by atoms with Crippen LogP contribution >= 0.6 is 0 Å². The van der Waals surface area contributed by atoms with E-state index in [0.29, 0.717) is 17.8 Å². The Morgan fingerprint density at radius 2 is 1.75 bits per heavy atom. The lowest BCUT2D eigenvalue weighted by Gasteiger charge is -2.55. The van der Waals surface area contributed by atoms with Gasteiger partial charge in [0.15, 0.2) is 0 Å². The Bertz CT molecular complexity index is 485. The van der Waals surface area contributed by atoms with Crippen molar-refractivity contribution in [2.75, 3.05) is 0 Å². The van der Waals surface area contributed by atoms with Crippen LogP contribution in [0.3, 0.4) is 0 Å². The number of aliphatic carboxylic acids is 1. The number of hydrogen-bond donors (Lipinski definition) is 1. The molecular formula is C17H21NO2. The summed E-state index contributed by atoms with van der Waals surface area (Å²) in [6, 6.07) is 5.66. The fourth-order valence-electron chi connectivity index (χ4n) is 5.56. The van der Waals surface area contributed by atoms with Crippen LogP contribution < -0.4 is 0 Å². The first kappa shape index (κ1) is 12.4. The van der Waals surface area contributed by atoms with E-state index in [4.69, 9.17) is 0 Å². The molecule has 3 nitrogen and oxygen atoms in total. The summed E-state index contributed by atoms with van der Waals surface area (Å²) in [5.74, 6) is 2.24. The van der Waals surface area contributed by atoms with E-state index in [0.717, 1.165) is 17.5 Å². The summed E-state index contributed by atoms with van der Waals surface area (Å²) in [4.78, 5) is 16.2. The fourth-order valence-corrected chi connectivity index (χ4v) is 5.56. The molecule has 1 aromatic rings. The third-order valence-electron chi connectivity index (χ3n) is 5.96. The van der Waals surface area contributed by atoms with Gasteiger partial charge in [0, 0.05) is 6.20 Å². The quantitative estimate of drug-likeness (QED) is 0.917. The van der Waals surface area contributed by atoms with Gasteiger partial charge in [0.25, 0.3) is 0 Å². The van der Waals surface area contributed by atoms with Crippen molar-refractivity contribution in [1.29, 1.82) is 0 Å². The summed E-state index contributed by atoms with van der Waals surface area (Å²) in [6.45, 7) is 0. The third kappa shape index (κ3) is 1.87. The molecule has 0 radical (unpaired) electrons. The molecule has 1 aromatic heterocycles. The van der Waals surface area contributed by atoms with E-state index >= 15 is 0 Å². The Balaban J connectivity index is 1.69. The Morgan fingerprint density at radius 3 is 2.25 bits per heavy atom. The molecule has 0 amide bonds. The number of hydrogen-bond acceptors (Lipinski definition) is 2. The van der Waals surface area contributed by atoms with Gasteiger partial charge < -0.3 is 5.11 Å². The van der Waals surface area contributed by atoms with Gasteiger partial charge >= 0.3 is 5.97 Å². The lowest BCUT2D eigenvalue weighted by Crippen LogP contribution is -2.48. The maximum Gasteiger partial charge on any atom is 0.312 e. The number of carboxylic acids is 1. The highest BCUT2D eigenvalue weighted by Crippen LogP contribution is 2.59. The average Bonchev–Trinajstić information content (AvgIpc) is 2.42. The topological polar surface area (TPSA) is 50.2 Å². The van der Waals surface area contributed by atoms with Crippen LogP contribution in [0.5, 0.6) is 0 Å². The number of aromatic nitrogens is 1. The molecular weight excluding hydrogens is 250 g/mol. The molecule has 5 rings (SSSR count). The number of carboxylic acid groups (broad SMARTS) is 1. The molecule has 4 bridgehead atoms. The van der Waals surface area contributed by atoms with Gasteiger partial charge in [0.2, 0.25) is 0 Å². The van der Waals surface area contributed by atoms with Crippen molar-refractivity contribution in [2.24, 2.45) is 29.6 Å². The Labute approximate surface area is 119 Å². The van der Waals surface area contributed by atoms with Gasteiger partial charge in [-0.1, -0.05) is 6.07 Å². The lowest BCUT2D eigenvalue weighted by atomic mass is 9.49. The molecule has 1 atom stereocenters. The zero-order valence-corrected chi connectivity index (χ0v) is 11.6. The van der Waals surface area contributed by atoms with E-state index in [2.05, 4.69) is 4.98 Å². The Hall–Kier alpha value is -1.38. The average molecular weight is 271 g/mol. The summed E-state index contributed by atoms with van der Waals surface area (Å²) >= 11 is 0. The van der Waals surface area contributed by atoms with Gasteiger partial charge in [-0.2, -0.15) is 0 Å². The molecule has 0 aromatic carbocycles. The predicted octanol–water partition coefficient (Wildman–Crippen LogP) is 3.32. The zero-order valence-electron chi connectivity index (χ0n) is 11.6. The second-order valence-corrected chi connectivity index (χ2v) is 7.08. The first-order valence-corrected chi connectivity index (χ1v) is 7.86. The summed E-state index contributed by atoms with van der Waals surface area (Å²) in [7, 11) is 0. The van der Waals surface area contributed by atoms with Crippen LogP contribution in [0.15, 0.2) is 24.4 Å². The van der Waals surface area contributed by atoms with Crippen molar-refractivity contribution in [2.45, 2.75) is 38.0 Å². The molecule has 0 aliphatic heterocycles. The molecule has 4 aliphatic rings. The second kappa shape index (κ2) is 4.57. The maximum atomic E-state index is 11.9. The van der Waals surface area contributed by atoms with Gasteiger partial charge in [0.05, 0.1) is 5.69 Å². The van der Waals surface area contributed by atoms with Crippen molar-refractivity contribution in [3.05, 3.63) is 30.1 Å². The van der Waals surface area contributed by atoms with Crippen LogP contribution in [0.25, 0.3) is 0 Å². The molecule has 4 fully saturated rings. The lowest BCUT2D eigenvalue weighted by molar-refractivity contribution is -0.145. The summed E-state index contributed by atoms with van der Waals surface area (Å²) < 4.78 is 0.